The fraction of sp³-hybridized carbons (Fsp3) is 0.800. The summed E-state index contributed by atoms with van der Waals surface area (Å²) in [6, 6.07) is 0.697. The van der Waals surface area contributed by atoms with Gasteiger partial charge in [0.05, 0.1) is 13.2 Å². The summed E-state index contributed by atoms with van der Waals surface area (Å²) in [4.78, 5) is 0. The van der Waals surface area contributed by atoms with Crippen molar-refractivity contribution >= 4 is 0 Å². The van der Waals surface area contributed by atoms with E-state index in [-0.39, 0.29) is 0 Å². The van der Waals surface area contributed by atoms with Gasteiger partial charge < -0.3 is 15.8 Å². The second-order valence-electron chi connectivity index (χ2n) is 4.46. The molecule has 1 saturated heterocycles. The van der Waals surface area contributed by atoms with Gasteiger partial charge in [-0.15, -0.1) is 0 Å². The minimum Gasteiger partial charge on any atom is -0.402 e. The van der Waals surface area contributed by atoms with E-state index in [9.17, 15) is 0 Å². The van der Waals surface area contributed by atoms with E-state index < -0.39 is 0 Å². The third kappa shape index (κ3) is 1.86. The van der Waals surface area contributed by atoms with Gasteiger partial charge in [0.1, 0.15) is 0 Å². The van der Waals surface area contributed by atoms with Crippen LogP contribution in [0.3, 0.4) is 0 Å². The standard InChI is InChI=1S/C10H18N2O/c1-8(11)2-3-12-9-4-10(5-9)6-13-7-10/h9,12H,1-7,11H2. The van der Waals surface area contributed by atoms with Crippen LogP contribution in [0.25, 0.3) is 0 Å². The van der Waals surface area contributed by atoms with Crippen molar-refractivity contribution in [3.05, 3.63) is 12.3 Å². The smallest absolute Gasteiger partial charge is 0.0545 e. The van der Waals surface area contributed by atoms with Crippen molar-refractivity contribution in [2.45, 2.75) is 25.3 Å². The molecule has 1 saturated carbocycles. The lowest BCUT2D eigenvalue weighted by Crippen LogP contribution is -2.58. The molecule has 0 aromatic rings. The zero-order chi connectivity index (χ0) is 9.31. The van der Waals surface area contributed by atoms with Crippen LogP contribution in [0.15, 0.2) is 12.3 Å². The molecule has 3 N–H and O–H groups in total. The molecule has 1 heterocycles. The van der Waals surface area contributed by atoms with Crippen LogP contribution in [-0.2, 0) is 4.74 Å². The summed E-state index contributed by atoms with van der Waals surface area (Å²) in [5.74, 6) is 0. The van der Waals surface area contributed by atoms with E-state index in [2.05, 4.69) is 11.9 Å². The van der Waals surface area contributed by atoms with Gasteiger partial charge in [-0.2, -0.15) is 0 Å². The van der Waals surface area contributed by atoms with Crippen LogP contribution in [0.4, 0.5) is 0 Å². The molecule has 0 amide bonds. The van der Waals surface area contributed by atoms with Gasteiger partial charge >= 0.3 is 0 Å². The van der Waals surface area contributed by atoms with Crippen molar-refractivity contribution in [3.63, 3.8) is 0 Å². The monoisotopic (exact) mass is 182 g/mol. The van der Waals surface area contributed by atoms with Crippen LogP contribution in [0.1, 0.15) is 19.3 Å². The van der Waals surface area contributed by atoms with Crippen LogP contribution in [-0.4, -0.2) is 25.8 Å². The molecule has 0 radical (unpaired) electrons. The number of nitrogens with one attached hydrogen (secondary N) is 1. The number of hydrogen-bond acceptors (Lipinski definition) is 3. The summed E-state index contributed by atoms with van der Waals surface area (Å²) >= 11 is 0. The Kier molecular flexibility index (Phi) is 2.30. The van der Waals surface area contributed by atoms with E-state index in [4.69, 9.17) is 10.5 Å². The Morgan fingerprint density at radius 3 is 2.69 bits per heavy atom. The predicted octanol–water partition coefficient (Wildman–Crippen LogP) is 0.617. The van der Waals surface area contributed by atoms with Crippen LogP contribution in [0.5, 0.6) is 0 Å². The zero-order valence-corrected chi connectivity index (χ0v) is 8.01. The summed E-state index contributed by atoms with van der Waals surface area (Å²) in [5.41, 5.74) is 6.81. The third-order valence-electron chi connectivity index (χ3n) is 3.05. The highest BCUT2D eigenvalue weighted by Crippen LogP contribution is 2.46. The predicted molar refractivity (Wildman–Crippen MR) is 52.2 cm³/mol. The van der Waals surface area contributed by atoms with Gasteiger partial charge in [-0.1, -0.05) is 6.58 Å². The lowest BCUT2D eigenvalue weighted by Gasteiger charge is -2.53. The fourth-order valence-corrected chi connectivity index (χ4v) is 2.19. The Labute approximate surface area is 79.3 Å². The first-order chi connectivity index (χ1) is 6.20. The highest BCUT2D eigenvalue weighted by atomic mass is 16.5. The van der Waals surface area contributed by atoms with E-state index in [1.54, 1.807) is 0 Å². The number of rotatable bonds is 4. The molecule has 2 aliphatic rings. The second kappa shape index (κ2) is 3.31. The Hall–Kier alpha value is -0.540. The average molecular weight is 182 g/mol. The largest absolute Gasteiger partial charge is 0.402 e. The number of nitrogens with two attached hydrogens (primary N) is 1. The molecule has 13 heavy (non-hydrogen) atoms. The molecule has 74 valence electrons. The van der Waals surface area contributed by atoms with Gasteiger partial charge in [0.2, 0.25) is 0 Å². The van der Waals surface area contributed by atoms with Gasteiger partial charge in [0, 0.05) is 23.7 Å². The minimum atomic E-state index is 0.567. The Bertz CT molecular complexity index is 203. The molecular formula is C10H18N2O. The number of ether oxygens (including phenoxy) is 1. The summed E-state index contributed by atoms with van der Waals surface area (Å²) in [5, 5.41) is 3.48. The summed E-state index contributed by atoms with van der Waals surface area (Å²) in [6.45, 7) is 6.60. The van der Waals surface area contributed by atoms with Gasteiger partial charge in [-0.25, -0.2) is 0 Å². The van der Waals surface area contributed by atoms with Crippen molar-refractivity contribution < 1.29 is 4.74 Å². The summed E-state index contributed by atoms with van der Waals surface area (Å²) < 4.78 is 5.21. The summed E-state index contributed by atoms with van der Waals surface area (Å²) in [7, 11) is 0. The Balaban J connectivity index is 1.56. The van der Waals surface area contributed by atoms with E-state index in [1.807, 2.05) is 0 Å². The molecule has 3 nitrogen and oxygen atoms in total. The van der Waals surface area contributed by atoms with E-state index >= 15 is 0 Å². The minimum absolute atomic E-state index is 0.567. The molecule has 0 aromatic heterocycles. The highest BCUT2D eigenvalue weighted by molar-refractivity contribution is 5.01. The zero-order valence-electron chi connectivity index (χ0n) is 8.01. The quantitative estimate of drug-likeness (QED) is 0.670. The van der Waals surface area contributed by atoms with Crippen LogP contribution in [0, 0.1) is 5.41 Å². The lowest BCUT2D eigenvalue weighted by molar-refractivity contribution is -0.167. The van der Waals surface area contributed by atoms with E-state index in [0.717, 1.165) is 31.9 Å². The van der Waals surface area contributed by atoms with Crippen molar-refractivity contribution in [3.8, 4) is 0 Å². The van der Waals surface area contributed by atoms with Crippen LogP contribution < -0.4 is 11.1 Å². The normalized spacial score (nSPS) is 25.2. The Morgan fingerprint density at radius 1 is 1.54 bits per heavy atom. The SMILES string of the molecule is C=C(N)CCNC1CC2(COC2)C1. The molecular weight excluding hydrogens is 164 g/mol. The van der Waals surface area contributed by atoms with E-state index in [1.165, 1.54) is 12.8 Å². The number of hydrogen-bond donors (Lipinski definition) is 2. The van der Waals surface area contributed by atoms with Gasteiger partial charge in [-0.3, -0.25) is 0 Å². The summed E-state index contributed by atoms with van der Waals surface area (Å²) in [6.07, 6.45) is 3.45. The molecule has 2 fully saturated rings. The molecule has 0 unspecified atom stereocenters. The molecule has 3 heteroatoms. The van der Waals surface area contributed by atoms with Crippen molar-refractivity contribution in [2.24, 2.45) is 11.1 Å². The highest BCUT2D eigenvalue weighted by Gasteiger charge is 2.49. The topological polar surface area (TPSA) is 47.3 Å². The fourth-order valence-electron chi connectivity index (χ4n) is 2.19. The molecule has 2 rings (SSSR count). The first-order valence-corrected chi connectivity index (χ1v) is 4.95. The molecule has 0 bridgehead atoms. The molecule has 1 aliphatic carbocycles. The van der Waals surface area contributed by atoms with E-state index in [0.29, 0.717) is 11.5 Å². The average Bonchev–Trinajstić information content (AvgIpc) is 1.89. The molecule has 1 aliphatic heterocycles. The third-order valence-corrected chi connectivity index (χ3v) is 3.05. The van der Waals surface area contributed by atoms with Gasteiger partial charge in [-0.05, 0) is 19.3 Å². The lowest BCUT2D eigenvalue weighted by atomic mass is 9.64. The Morgan fingerprint density at radius 2 is 2.23 bits per heavy atom. The molecule has 0 aromatic carbocycles. The van der Waals surface area contributed by atoms with Gasteiger partial charge in [0.25, 0.3) is 0 Å². The van der Waals surface area contributed by atoms with Crippen molar-refractivity contribution in [1.82, 2.24) is 5.32 Å². The van der Waals surface area contributed by atoms with Crippen LogP contribution >= 0.6 is 0 Å². The van der Waals surface area contributed by atoms with Crippen molar-refractivity contribution in [2.75, 3.05) is 19.8 Å². The molecule has 1 spiro atoms. The molecule has 0 atom stereocenters. The second-order valence-corrected chi connectivity index (χ2v) is 4.46. The first kappa shape index (κ1) is 9.03. The maximum atomic E-state index is 5.47. The van der Waals surface area contributed by atoms with Gasteiger partial charge in [0.15, 0.2) is 0 Å². The maximum absolute atomic E-state index is 5.47. The van der Waals surface area contributed by atoms with Crippen LogP contribution in [0.2, 0.25) is 0 Å². The maximum Gasteiger partial charge on any atom is 0.0545 e. The van der Waals surface area contributed by atoms with Crippen molar-refractivity contribution in [1.29, 1.82) is 0 Å². The first-order valence-electron chi connectivity index (χ1n) is 4.95.